The fraction of sp³-hybridized carbons (Fsp3) is 0.0714. The maximum absolute atomic E-state index is 14.5. The van der Waals surface area contributed by atoms with Crippen molar-refractivity contribution in [1.82, 2.24) is 0 Å². The van der Waals surface area contributed by atoms with Gasteiger partial charge in [0.2, 0.25) is 0 Å². The molecule has 0 amide bonds. The predicted octanol–water partition coefficient (Wildman–Crippen LogP) is 28.5. The summed E-state index contributed by atoms with van der Waals surface area (Å²) in [6.07, 6.45) is -31.2. The Balaban J connectivity index is 0.000000212. The molecule has 0 atom stereocenters. The van der Waals surface area contributed by atoms with E-state index in [1.807, 2.05) is 97.1 Å². The third-order valence-corrected chi connectivity index (χ3v) is 58.4. The van der Waals surface area contributed by atoms with Gasteiger partial charge in [0, 0.05) is 0 Å². The van der Waals surface area contributed by atoms with Gasteiger partial charge in [0.15, 0.2) is 30.4 Å². The van der Waals surface area contributed by atoms with Crippen LogP contribution >= 0.6 is 0 Å². The van der Waals surface area contributed by atoms with Crippen molar-refractivity contribution in [3.8, 4) is 0 Å². The number of rotatable bonds is 22. The Hall–Kier alpha value is -14.3. The average Bonchev–Trinajstić information content (AvgIpc) is 0.679. The first-order valence-electron chi connectivity index (χ1n) is 43.2. The Kier molecular flexibility index (Phi) is 28.8. The van der Waals surface area contributed by atoms with E-state index in [0.717, 1.165) is 97.1 Å². The molecule has 16 aromatic rings. The van der Waals surface area contributed by atoms with Crippen LogP contribution in [0.3, 0.4) is 0 Å². The number of benzene rings is 16. The van der Waals surface area contributed by atoms with Crippen molar-refractivity contribution in [3.05, 3.63) is 526 Å². The molecule has 140 heavy (non-hydrogen) atoms. The number of alkyl halides is 24. The molecule has 0 bridgehead atoms. The van der Waals surface area contributed by atoms with Crippen molar-refractivity contribution in [3.63, 3.8) is 0 Å². The van der Waals surface area contributed by atoms with Crippen LogP contribution < -0.4 is 41.5 Å². The van der Waals surface area contributed by atoms with E-state index < -0.39 is 124 Å². The van der Waals surface area contributed by atoms with Crippen molar-refractivity contribution >= 4 is 117 Å². The summed E-state index contributed by atoms with van der Waals surface area (Å²) in [6.45, 7) is 0. The Bertz CT molecular complexity index is 5980. The van der Waals surface area contributed by atoms with Crippen LogP contribution in [-0.2, 0) is 49.4 Å². The monoisotopic (exact) mass is 1990 g/mol. The first-order chi connectivity index (χ1) is 66.5. The van der Waals surface area contributed by atoms with Gasteiger partial charge in [-0.1, -0.05) is 406 Å². The lowest BCUT2D eigenvalue weighted by atomic mass is 10.1. The van der Waals surface area contributed by atoms with Gasteiger partial charge in [-0.2, -0.15) is 105 Å². The van der Waals surface area contributed by atoms with E-state index in [0.29, 0.717) is 62.3 Å². The number of hydrogen-bond acceptors (Lipinski definition) is 0. The van der Waals surface area contributed by atoms with Crippen LogP contribution in [0, 0.1) is 0 Å². The van der Waals surface area contributed by atoms with Crippen LogP contribution in [0.4, 0.5) is 105 Å². The van der Waals surface area contributed by atoms with E-state index in [1.54, 1.807) is 170 Å². The summed E-state index contributed by atoms with van der Waals surface area (Å²) in [5.74, 6) is 0. The van der Waals surface area contributed by atoms with Crippen LogP contribution in [0.5, 0.6) is 0 Å². The molecule has 0 N–H and O–H groups in total. The fourth-order valence-electron chi connectivity index (χ4n) is 18.7. The molecular formula is C112H76F24Si4. The summed E-state index contributed by atoms with van der Waals surface area (Å²) in [7, 11) is -17.8. The first kappa shape index (κ1) is 100. The lowest BCUT2D eigenvalue weighted by Crippen LogP contribution is -2.86. The highest BCUT2D eigenvalue weighted by Gasteiger charge is 2.66. The van der Waals surface area contributed by atoms with Gasteiger partial charge in [-0.25, -0.2) is 0 Å². The van der Waals surface area contributed by atoms with E-state index in [9.17, 15) is 105 Å². The minimum atomic E-state index is -4.77. The van der Waals surface area contributed by atoms with E-state index >= 15 is 0 Å². The van der Waals surface area contributed by atoms with Crippen molar-refractivity contribution in [2.75, 3.05) is 0 Å². The second-order valence-corrected chi connectivity index (χ2v) is 54.7. The minimum absolute atomic E-state index is 0.249. The summed E-state index contributed by atoms with van der Waals surface area (Å²) in [5, 5.41) is 6.93. The number of halogens is 24. The summed E-state index contributed by atoms with van der Waals surface area (Å²) in [5.41, 5.74) is -5.64. The standard InChI is InChI=1S/2C56H38F12Si2/c2*57-53(58,59)43-29-21-39(22-30-43)37-51(41-25-33-45(34-26-41)55(63,64)65)69(47-13-5-1-6-14-47,48-15-7-2-8-16-48)70(49-17-9-3-10-18-49,50-19-11-4-12-20-50)52(42-27-35-46(36-28-42)56(66,67)68)38-40-23-31-44(32-24-40)54(60,61)62/h2*1-38H/b2*51-37+,52-38+. The molecule has 0 radical (unpaired) electrons. The van der Waals surface area contributed by atoms with Gasteiger partial charge in [-0.3, -0.25) is 0 Å². The maximum Gasteiger partial charge on any atom is 0.416 e. The highest BCUT2D eigenvalue weighted by molar-refractivity contribution is 7.71. The lowest BCUT2D eigenvalue weighted by molar-refractivity contribution is -0.138. The van der Waals surface area contributed by atoms with Gasteiger partial charge in [-0.15, -0.1) is 0 Å². The zero-order chi connectivity index (χ0) is 99.9. The van der Waals surface area contributed by atoms with E-state index in [2.05, 4.69) is 0 Å². The lowest BCUT2D eigenvalue weighted by Gasteiger charge is -2.52. The van der Waals surface area contributed by atoms with Crippen molar-refractivity contribution < 1.29 is 105 Å². The largest absolute Gasteiger partial charge is 0.416 e. The first-order valence-corrected chi connectivity index (χ1v) is 53.2. The normalized spacial score (nSPS) is 13.3. The van der Waals surface area contributed by atoms with Crippen LogP contribution in [0.15, 0.2) is 437 Å². The molecule has 0 aliphatic rings. The molecule has 0 spiro atoms. The maximum atomic E-state index is 14.5. The minimum Gasteiger partial charge on any atom is -0.166 e. The molecule has 0 saturated carbocycles. The topological polar surface area (TPSA) is 0 Å². The third-order valence-electron chi connectivity index (χ3n) is 24.7. The fourth-order valence-corrected chi connectivity index (χ4v) is 58.9. The molecule has 0 unspecified atom stereocenters. The molecule has 0 aliphatic heterocycles. The van der Waals surface area contributed by atoms with E-state index in [1.165, 1.54) is 97.1 Å². The summed E-state index contributed by atoms with van der Waals surface area (Å²) >= 11 is 0. The third kappa shape index (κ3) is 20.7. The van der Waals surface area contributed by atoms with Crippen LogP contribution in [0.2, 0.25) is 0 Å². The van der Waals surface area contributed by atoms with Crippen LogP contribution in [0.1, 0.15) is 89.0 Å². The molecule has 0 fully saturated rings. The Morgan fingerprint density at radius 2 is 0.229 bits per heavy atom. The molecule has 0 aromatic heterocycles. The summed E-state index contributed by atoms with van der Waals surface area (Å²) in [4.78, 5) is 0. The number of hydrogen-bond donors (Lipinski definition) is 0. The van der Waals surface area contributed by atoms with Gasteiger partial charge in [-0.05, 0) is 162 Å². The van der Waals surface area contributed by atoms with Gasteiger partial charge < -0.3 is 0 Å². The zero-order valence-corrected chi connectivity index (χ0v) is 76.9. The highest BCUT2D eigenvalue weighted by Crippen LogP contribution is 2.49. The summed E-state index contributed by atoms with van der Waals surface area (Å²) in [6, 6.07) is 108. The zero-order valence-electron chi connectivity index (χ0n) is 72.9. The van der Waals surface area contributed by atoms with Crippen molar-refractivity contribution in [2.24, 2.45) is 0 Å². The average molecular weight is 1990 g/mol. The Morgan fingerprint density at radius 3 is 0.329 bits per heavy atom. The molecular weight excluding hydrogens is 1910 g/mol. The molecule has 0 saturated heterocycles. The van der Waals surface area contributed by atoms with E-state index in [4.69, 9.17) is 0 Å². The highest BCUT2D eigenvalue weighted by atomic mass is 29.3. The van der Waals surface area contributed by atoms with Gasteiger partial charge >= 0.3 is 49.4 Å². The SMILES string of the molecule is FC(F)(F)c1ccc(/C=C(\c2ccc(C(F)(F)F)cc2)[Si](c2ccccc2)(c2ccccc2)[Si](/C(=C/c2ccc(C(F)(F)F)cc2)c2ccc(C(F)(F)F)cc2)(c2ccccc2)c2ccccc2)cc1.FC(F)(F)c1ccc(/C=C(\c2ccc(C(F)(F)F)cc2)[Si](c2ccccc2)(c2ccccc2)[Si](/C(=C/c2ccc(C(F)(F)F)cc2)c2ccc(C(F)(F)F)cc2)(c2ccccc2)c2ccccc2)cc1. The second-order valence-electron chi connectivity index (χ2n) is 32.9. The van der Waals surface area contributed by atoms with Gasteiger partial charge in [0.05, 0.1) is 44.5 Å². The Morgan fingerprint density at radius 1 is 0.129 bits per heavy atom. The molecule has 16 aromatic carbocycles. The van der Waals surface area contributed by atoms with Gasteiger partial charge in [0.25, 0.3) is 0 Å². The smallest absolute Gasteiger partial charge is 0.166 e. The quantitative estimate of drug-likeness (QED) is 0.0360. The predicted molar refractivity (Wildman–Crippen MR) is 515 cm³/mol. The molecule has 0 nitrogen and oxygen atoms in total. The van der Waals surface area contributed by atoms with E-state index in [-0.39, 0.29) is 44.5 Å². The van der Waals surface area contributed by atoms with Crippen LogP contribution in [-0.4, -0.2) is 30.4 Å². The molecule has 708 valence electrons. The second kappa shape index (κ2) is 40.2. The summed E-state index contributed by atoms with van der Waals surface area (Å²) < 4.78 is 343. The van der Waals surface area contributed by atoms with Gasteiger partial charge in [0.1, 0.15) is 0 Å². The molecule has 16 rings (SSSR count). The van der Waals surface area contributed by atoms with Crippen molar-refractivity contribution in [1.29, 1.82) is 0 Å². The molecule has 0 heterocycles. The van der Waals surface area contributed by atoms with Crippen LogP contribution in [0.25, 0.3) is 45.1 Å². The Labute approximate surface area is 792 Å². The van der Waals surface area contributed by atoms with Crippen molar-refractivity contribution in [2.45, 2.75) is 49.4 Å². The molecule has 0 aliphatic carbocycles. The molecule has 28 heteroatoms.